The third kappa shape index (κ3) is 8.33. The van der Waals surface area contributed by atoms with E-state index < -0.39 is 0 Å². The summed E-state index contributed by atoms with van der Waals surface area (Å²) < 4.78 is 13.6. The van der Waals surface area contributed by atoms with Crippen LogP contribution in [0.4, 0.5) is 4.39 Å². The van der Waals surface area contributed by atoms with Crippen molar-refractivity contribution in [3.05, 3.63) is 65.7 Å². The minimum absolute atomic E-state index is 0. The maximum atomic E-state index is 13.6. The lowest BCUT2D eigenvalue weighted by atomic mass is 10.1. The van der Waals surface area contributed by atoms with Crippen LogP contribution in [0.1, 0.15) is 22.8 Å². The second kappa shape index (κ2) is 13.0. The lowest BCUT2D eigenvalue weighted by Gasteiger charge is -2.12. The van der Waals surface area contributed by atoms with Crippen LogP contribution in [-0.2, 0) is 6.42 Å². The molecule has 1 amide bonds. The fraction of sp³-hybridized carbons (Fsp3) is 0.316. The Bertz CT molecular complexity index is 727. The first-order valence-corrected chi connectivity index (χ1v) is 8.64. The summed E-state index contributed by atoms with van der Waals surface area (Å²) in [5.74, 6) is 0.264. The van der Waals surface area contributed by atoms with E-state index in [4.69, 9.17) is 0 Å². The van der Waals surface area contributed by atoms with Crippen molar-refractivity contribution in [1.82, 2.24) is 20.9 Å². The van der Waals surface area contributed by atoms with Crippen LogP contribution in [0.25, 0.3) is 0 Å². The van der Waals surface area contributed by atoms with Gasteiger partial charge in [0.2, 0.25) is 0 Å². The Labute approximate surface area is 176 Å². The van der Waals surface area contributed by atoms with Gasteiger partial charge in [0.25, 0.3) is 5.91 Å². The molecular formula is C19H25FIN5O. The predicted octanol–water partition coefficient (Wildman–Crippen LogP) is 2.37. The van der Waals surface area contributed by atoms with Crippen molar-refractivity contribution in [3.63, 3.8) is 0 Å². The molecule has 8 heteroatoms. The SMILES string of the molecule is CCNC(=NCCc1ccccc1F)NCCNC(=O)c1cccnc1.I. The molecular weight excluding hydrogens is 460 g/mol. The van der Waals surface area contributed by atoms with E-state index in [1.807, 2.05) is 13.0 Å². The third-order valence-electron chi connectivity index (χ3n) is 3.58. The number of halogens is 2. The number of amides is 1. The van der Waals surface area contributed by atoms with Crippen LogP contribution in [0.5, 0.6) is 0 Å². The molecule has 0 unspecified atom stereocenters. The van der Waals surface area contributed by atoms with Gasteiger partial charge in [0.1, 0.15) is 5.82 Å². The highest BCUT2D eigenvalue weighted by Crippen LogP contribution is 2.06. The number of pyridine rings is 1. The van der Waals surface area contributed by atoms with Gasteiger partial charge in [-0.3, -0.25) is 14.8 Å². The Hall–Kier alpha value is -2.23. The molecule has 0 saturated carbocycles. The van der Waals surface area contributed by atoms with E-state index in [1.54, 1.807) is 30.5 Å². The average molecular weight is 485 g/mol. The number of carbonyl (C=O) groups excluding carboxylic acids is 1. The van der Waals surface area contributed by atoms with Crippen LogP contribution < -0.4 is 16.0 Å². The zero-order valence-electron chi connectivity index (χ0n) is 15.2. The second-order valence-corrected chi connectivity index (χ2v) is 5.53. The van der Waals surface area contributed by atoms with Crippen molar-refractivity contribution in [1.29, 1.82) is 0 Å². The number of benzene rings is 1. The highest BCUT2D eigenvalue weighted by Gasteiger charge is 2.04. The van der Waals surface area contributed by atoms with E-state index in [0.717, 1.165) is 0 Å². The van der Waals surface area contributed by atoms with Gasteiger partial charge in [0.05, 0.1) is 5.56 Å². The molecule has 2 aromatic rings. The van der Waals surface area contributed by atoms with Crippen molar-refractivity contribution in [2.24, 2.45) is 4.99 Å². The van der Waals surface area contributed by atoms with Crippen molar-refractivity contribution >= 4 is 35.8 Å². The number of nitrogens with zero attached hydrogens (tertiary/aromatic N) is 2. The lowest BCUT2D eigenvalue weighted by Crippen LogP contribution is -2.41. The summed E-state index contributed by atoms with van der Waals surface area (Å²) in [6.07, 6.45) is 3.68. The molecule has 0 saturated heterocycles. The molecule has 0 radical (unpaired) electrons. The normalized spacial score (nSPS) is 10.7. The monoisotopic (exact) mass is 485 g/mol. The summed E-state index contributed by atoms with van der Waals surface area (Å²) in [6, 6.07) is 10.1. The highest BCUT2D eigenvalue weighted by atomic mass is 127. The van der Waals surface area contributed by atoms with Gasteiger partial charge in [-0.05, 0) is 37.1 Å². The van der Waals surface area contributed by atoms with Crippen molar-refractivity contribution < 1.29 is 9.18 Å². The fourth-order valence-corrected chi connectivity index (χ4v) is 2.29. The molecule has 0 aliphatic rings. The zero-order valence-corrected chi connectivity index (χ0v) is 17.6. The summed E-state index contributed by atoms with van der Waals surface area (Å²) >= 11 is 0. The number of carbonyl (C=O) groups is 1. The van der Waals surface area contributed by atoms with Gasteiger partial charge in [0.15, 0.2) is 5.96 Å². The van der Waals surface area contributed by atoms with Crippen molar-refractivity contribution in [2.75, 3.05) is 26.2 Å². The Balaban J connectivity index is 0.00000364. The molecule has 0 fully saturated rings. The van der Waals surface area contributed by atoms with Gasteiger partial charge in [-0.1, -0.05) is 18.2 Å². The molecule has 27 heavy (non-hydrogen) atoms. The standard InChI is InChI=1S/C19H24FN5O.HI/c1-2-22-19(24-11-9-15-6-3-4-8-17(15)20)25-13-12-23-18(26)16-7-5-10-21-14-16;/h3-8,10,14H,2,9,11-13H2,1H3,(H,23,26)(H2,22,24,25);1H. The van der Waals surface area contributed by atoms with E-state index >= 15 is 0 Å². The van der Waals surface area contributed by atoms with Gasteiger partial charge in [-0.2, -0.15) is 0 Å². The Morgan fingerprint density at radius 3 is 2.59 bits per heavy atom. The number of hydrogen-bond acceptors (Lipinski definition) is 3. The Morgan fingerprint density at radius 1 is 1.11 bits per heavy atom. The Morgan fingerprint density at radius 2 is 1.89 bits per heavy atom. The van der Waals surface area contributed by atoms with E-state index in [9.17, 15) is 9.18 Å². The number of rotatable bonds is 8. The van der Waals surface area contributed by atoms with E-state index in [2.05, 4.69) is 25.9 Å². The fourth-order valence-electron chi connectivity index (χ4n) is 2.29. The lowest BCUT2D eigenvalue weighted by molar-refractivity contribution is 0.0954. The summed E-state index contributed by atoms with van der Waals surface area (Å²) in [4.78, 5) is 20.3. The largest absolute Gasteiger partial charge is 0.357 e. The molecule has 0 atom stereocenters. The summed E-state index contributed by atoms with van der Waals surface area (Å²) in [7, 11) is 0. The molecule has 0 spiro atoms. The highest BCUT2D eigenvalue weighted by molar-refractivity contribution is 14.0. The predicted molar refractivity (Wildman–Crippen MR) is 116 cm³/mol. The minimum atomic E-state index is -0.209. The van der Waals surface area contributed by atoms with Crippen LogP contribution in [-0.4, -0.2) is 43.0 Å². The molecule has 1 aromatic heterocycles. The number of nitrogens with one attached hydrogen (secondary N) is 3. The first-order chi connectivity index (χ1) is 12.7. The molecule has 1 heterocycles. The van der Waals surface area contributed by atoms with Crippen LogP contribution in [0, 0.1) is 5.82 Å². The quantitative estimate of drug-likeness (QED) is 0.232. The van der Waals surface area contributed by atoms with E-state index in [1.165, 1.54) is 12.3 Å². The topological polar surface area (TPSA) is 78.4 Å². The molecule has 2 rings (SSSR count). The first kappa shape index (κ1) is 22.8. The molecule has 146 valence electrons. The number of guanidine groups is 1. The average Bonchev–Trinajstić information content (AvgIpc) is 2.67. The molecule has 6 nitrogen and oxygen atoms in total. The number of aliphatic imine (C=N–C) groups is 1. The van der Waals surface area contributed by atoms with Gasteiger partial charge < -0.3 is 16.0 Å². The van der Waals surface area contributed by atoms with Gasteiger partial charge in [-0.25, -0.2) is 4.39 Å². The minimum Gasteiger partial charge on any atom is -0.357 e. The first-order valence-electron chi connectivity index (χ1n) is 8.64. The maximum Gasteiger partial charge on any atom is 0.252 e. The molecule has 1 aromatic carbocycles. The zero-order chi connectivity index (χ0) is 18.6. The van der Waals surface area contributed by atoms with Crippen LogP contribution in [0.2, 0.25) is 0 Å². The summed E-state index contributed by atoms with van der Waals surface area (Å²) in [5, 5.41) is 9.08. The van der Waals surface area contributed by atoms with Gasteiger partial charge >= 0.3 is 0 Å². The third-order valence-corrected chi connectivity index (χ3v) is 3.58. The van der Waals surface area contributed by atoms with Gasteiger partial charge in [-0.15, -0.1) is 24.0 Å². The van der Waals surface area contributed by atoms with Crippen molar-refractivity contribution in [3.8, 4) is 0 Å². The summed E-state index contributed by atoms with van der Waals surface area (Å²) in [5.41, 5.74) is 1.17. The molecule has 0 aliphatic heterocycles. The van der Waals surface area contributed by atoms with Crippen molar-refractivity contribution in [2.45, 2.75) is 13.3 Å². The molecule has 3 N–H and O–H groups in total. The smallest absolute Gasteiger partial charge is 0.252 e. The number of aromatic nitrogens is 1. The van der Waals surface area contributed by atoms with E-state index in [0.29, 0.717) is 49.7 Å². The second-order valence-electron chi connectivity index (χ2n) is 5.53. The maximum absolute atomic E-state index is 13.6. The summed E-state index contributed by atoms with van der Waals surface area (Å²) in [6.45, 7) is 4.13. The van der Waals surface area contributed by atoms with Crippen LogP contribution in [0.15, 0.2) is 53.8 Å². The van der Waals surface area contributed by atoms with E-state index in [-0.39, 0.29) is 35.7 Å². The van der Waals surface area contributed by atoms with Crippen LogP contribution in [0.3, 0.4) is 0 Å². The molecule has 0 aliphatic carbocycles. The molecule has 0 bridgehead atoms. The van der Waals surface area contributed by atoms with Gasteiger partial charge in [0, 0.05) is 38.6 Å². The van der Waals surface area contributed by atoms with Crippen LogP contribution >= 0.6 is 24.0 Å². The number of hydrogen-bond donors (Lipinski definition) is 3. The Kier molecular flexibility index (Phi) is 11.0.